The summed E-state index contributed by atoms with van der Waals surface area (Å²) in [6, 6.07) is 9.29. The van der Waals surface area contributed by atoms with Gasteiger partial charge in [0.1, 0.15) is 0 Å². The molecule has 28 heavy (non-hydrogen) atoms. The van der Waals surface area contributed by atoms with Crippen molar-refractivity contribution in [3.8, 4) is 0 Å². The molecule has 1 aliphatic carbocycles. The zero-order chi connectivity index (χ0) is 19.3. The first kappa shape index (κ1) is 20.2. The molecule has 4 rings (SSSR count). The number of amides is 1. The molecule has 154 valence electrons. The Hall–Kier alpha value is -1.11. The van der Waals surface area contributed by atoms with Crippen LogP contribution in [0.15, 0.2) is 28.7 Å². The lowest BCUT2D eigenvalue weighted by Gasteiger charge is -2.41. The van der Waals surface area contributed by atoms with Crippen molar-refractivity contribution in [1.82, 2.24) is 14.7 Å². The predicted octanol–water partition coefficient (Wildman–Crippen LogP) is 3.05. The van der Waals surface area contributed by atoms with Crippen molar-refractivity contribution < 1.29 is 4.79 Å². The average molecular weight is 449 g/mol. The molecule has 0 radical (unpaired) electrons. The molecule has 0 bridgehead atoms. The molecule has 3 aliphatic rings. The second-order valence-corrected chi connectivity index (χ2v) is 9.36. The lowest BCUT2D eigenvalue weighted by atomic mass is 9.94. The molecule has 0 spiro atoms. The van der Waals surface area contributed by atoms with Crippen LogP contribution in [0.5, 0.6) is 0 Å². The maximum atomic E-state index is 12.8. The number of piperazine rings is 2. The van der Waals surface area contributed by atoms with Crippen molar-refractivity contribution in [3.63, 3.8) is 0 Å². The summed E-state index contributed by atoms with van der Waals surface area (Å²) in [5.74, 6) is 0.320. The Kier molecular flexibility index (Phi) is 6.91. The molecule has 1 saturated carbocycles. The molecule has 0 aromatic heterocycles. The van der Waals surface area contributed by atoms with Gasteiger partial charge in [0, 0.05) is 68.6 Å². The Morgan fingerprint density at radius 3 is 2.14 bits per heavy atom. The largest absolute Gasteiger partial charge is 0.369 e. The van der Waals surface area contributed by atoms with Gasteiger partial charge < -0.3 is 9.80 Å². The quantitative estimate of drug-likeness (QED) is 0.707. The molecule has 5 nitrogen and oxygen atoms in total. The third kappa shape index (κ3) is 5.08. The van der Waals surface area contributed by atoms with Gasteiger partial charge in [0.2, 0.25) is 5.91 Å². The molecular weight excluding hydrogens is 416 g/mol. The van der Waals surface area contributed by atoms with Crippen LogP contribution in [-0.2, 0) is 4.79 Å². The SMILES string of the molecule is O=C(CN1CCN(c2ccc(Br)cc2)CC1)N1CCN(C2CCCCC2)CC1. The number of benzene rings is 1. The van der Waals surface area contributed by atoms with Crippen LogP contribution in [0.4, 0.5) is 5.69 Å². The molecule has 1 aromatic carbocycles. The number of carbonyl (C=O) groups excluding carboxylic acids is 1. The van der Waals surface area contributed by atoms with E-state index in [2.05, 4.69) is 59.8 Å². The van der Waals surface area contributed by atoms with E-state index in [1.54, 1.807) is 0 Å². The number of halogens is 1. The average Bonchev–Trinajstić information content (AvgIpc) is 2.76. The second-order valence-electron chi connectivity index (χ2n) is 8.45. The van der Waals surface area contributed by atoms with Crippen LogP contribution in [0, 0.1) is 0 Å². The van der Waals surface area contributed by atoms with E-state index in [9.17, 15) is 4.79 Å². The van der Waals surface area contributed by atoms with Gasteiger partial charge in [-0.05, 0) is 37.1 Å². The minimum absolute atomic E-state index is 0.320. The molecule has 0 N–H and O–H groups in total. The Morgan fingerprint density at radius 1 is 0.857 bits per heavy atom. The van der Waals surface area contributed by atoms with E-state index in [1.165, 1.54) is 37.8 Å². The molecule has 1 amide bonds. The van der Waals surface area contributed by atoms with Crippen LogP contribution in [-0.4, -0.2) is 85.6 Å². The maximum Gasteiger partial charge on any atom is 0.236 e. The topological polar surface area (TPSA) is 30.0 Å². The predicted molar refractivity (Wildman–Crippen MR) is 118 cm³/mol. The first-order valence-electron chi connectivity index (χ1n) is 10.9. The highest BCUT2D eigenvalue weighted by Crippen LogP contribution is 2.24. The van der Waals surface area contributed by atoms with E-state index in [-0.39, 0.29) is 0 Å². The number of carbonyl (C=O) groups is 1. The van der Waals surface area contributed by atoms with Crippen LogP contribution >= 0.6 is 15.9 Å². The van der Waals surface area contributed by atoms with E-state index in [1.807, 2.05) is 0 Å². The van der Waals surface area contributed by atoms with Crippen molar-refractivity contribution in [2.45, 2.75) is 38.1 Å². The summed E-state index contributed by atoms with van der Waals surface area (Å²) in [5.41, 5.74) is 1.27. The second kappa shape index (κ2) is 9.59. The van der Waals surface area contributed by atoms with Crippen LogP contribution in [0.3, 0.4) is 0 Å². The van der Waals surface area contributed by atoms with Crippen LogP contribution in [0.2, 0.25) is 0 Å². The van der Waals surface area contributed by atoms with E-state index in [0.29, 0.717) is 12.5 Å². The first-order chi connectivity index (χ1) is 13.7. The lowest BCUT2D eigenvalue weighted by molar-refractivity contribution is -0.134. The number of anilines is 1. The summed E-state index contributed by atoms with van der Waals surface area (Å²) < 4.78 is 1.11. The Labute approximate surface area is 177 Å². The maximum absolute atomic E-state index is 12.8. The van der Waals surface area contributed by atoms with Gasteiger partial charge in [-0.25, -0.2) is 0 Å². The van der Waals surface area contributed by atoms with Gasteiger partial charge in [-0.3, -0.25) is 14.6 Å². The third-order valence-electron chi connectivity index (χ3n) is 6.68. The summed E-state index contributed by atoms with van der Waals surface area (Å²) in [6.45, 7) is 8.43. The van der Waals surface area contributed by atoms with Gasteiger partial charge in [-0.1, -0.05) is 35.2 Å². The molecular formula is C22H33BrN4O. The van der Waals surface area contributed by atoms with Crippen molar-refractivity contribution in [2.24, 2.45) is 0 Å². The van der Waals surface area contributed by atoms with Crippen LogP contribution in [0.1, 0.15) is 32.1 Å². The van der Waals surface area contributed by atoms with E-state index >= 15 is 0 Å². The fourth-order valence-electron chi connectivity index (χ4n) is 4.89. The standard InChI is InChI=1S/C22H33BrN4O/c23-19-6-8-21(9-7-19)25-12-10-24(11-13-25)18-22(28)27-16-14-26(15-17-27)20-4-2-1-3-5-20/h6-9,20H,1-5,10-18H2. The summed E-state index contributed by atoms with van der Waals surface area (Å²) in [4.78, 5) is 22.3. The van der Waals surface area contributed by atoms with Crippen LogP contribution < -0.4 is 4.90 Å². The fraction of sp³-hybridized carbons (Fsp3) is 0.682. The zero-order valence-electron chi connectivity index (χ0n) is 16.9. The van der Waals surface area contributed by atoms with Gasteiger partial charge >= 0.3 is 0 Å². The van der Waals surface area contributed by atoms with Crippen molar-refractivity contribution in [1.29, 1.82) is 0 Å². The van der Waals surface area contributed by atoms with E-state index in [4.69, 9.17) is 0 Å². The van der Waals surface area contributed by atoms with Crippen molar-refractivity contribution in [3.05, 3.63) is 28.7 Å². The summed E-state index contributed by atoms with van der Waals surface area (Å²) >= 11 is 3.50. The molecule has 6 heteroatoms. The molecule has 2 saturated heterocycles. The van der Waals surface area contributed by atoms with E-state index in [0.717, 1.165) is 62.9 Å². The smallest absolute Gasteiger partial charge is 0.236 e. The van der Waals surface area contributed by atoms with Gasteiger partial charge in [0.25, 0.3) is 0 Å². The Morgan fingerprint density at radius 2 is 1.50 bits per heavy atom. The van der Waals surface area contributed by atoms with E-state index < -0.39 is 0 Å². The highest BCUT2D eigenvalue weighted by Gasteiger charge is 2.28. The number of rotatable bonds is 4. The van der Waals surface area contributed by atoms with Crippen molar-refractivity contribution in [2.75, 3.05) is 63.8 Å². The highest BCUT2D eigenvalue weighted by atomic mass is 79.9. The lowest BCUT2D eigenvalue weighted by Crippen LogP contribution is -2.55. The fourth-order valence-corrected chi connectivity index (χ4v) is 5.15. The van der Waals surface area contributed by atoms with Gasteiger partial charge in [-0.2, -0.15) is 0 Å². The van der Waals surface area contributed by atoms with Crippen molar-refractivity contribution >= 4 is 27.5 Å². The molecule has 0 unspecified atom stereocenters. The molecule has 1 aromatic rings. The molecule has 2 heterocycles. The highest BCUT2D eigenvalue weighted by molar-refractivity contribution is 9.10. The number of hydrogen-bond donors (Lipinski definition) is 0. The Balaban J connectivity index is 1.19. The zero-order valence-corrected chi connectivity index (χ0v) is 18.4. The van der Waals surface area contributed by atoms with Gasteiger partial charge in [-0.15, -0.1) is 0 Å². The monoisotopic (exact) mass is 448 g/mol. The van der Waals surface area contributed by atoms with Gasteiger partial charge in [0.15, 0.2) is 0 Å². The molecule has 2 aliphatic heterocycles. The minimum atomic E-state index is 0.320. The molecule has 3 fully saturated rings. The summed E-state index contributed by atoms with van der Waals surface area (Å²) in [7, 11) is 0. The summed E-state index contributed by atoms with van der Waals surface area (Å²) in [5, 5.41) is 0. The van der Waals surface area contributed by atoms with Crippen LogP contribution in [0.25, 0.3) is 0 Å². The Bertz CT molecular complexity index is 630. The number of nitrogens with zero attached hydrogens (tertiary/aromatic N) is 4. The third-order valence-corrected chi connectivity index (χ3v) is 7.21. The minimum Gasteiger partial charge on any atom is -0.369 e. The first-order valence-corrected chi connectivity index (χ1v) is 11.7. The number of hydrogen-bond acceptors (Lipinski definition) is 4. The normalized spacial score (nSPS) is 23.2. The summed E-state index contributed by atoms with van der Waals surface area (Å²) in [6.07, 6.45) is 6.89. The molecule has 0 atom stereocenters. The van der Waals surface area contributed by atoms with Gasteiger partial charge in [0.05, 0.1) is 6.54 Å².